The summed E-state index contributed by atoms with van der Waals surface area (Å²) in [6, 6.07) is 5.86. The van der Waals surface area contributed by atoms with Gasteiger partial charge in [0.15, 0.2) is 15.7 Å². The Kier molecular flexibility index (Phi) is 5.71. The van der Waals surface area contributed by atoms with Crippen molar-refractivity contribution in [3.8, 4) is 0 Å². The monoisotopic (exact) mass is 488 g/mol. The maximum Gasteiger partial charge on any atom is 0.410 e. The van der Waals surface area contributed by atoms with Gasteiger partial charge in [0.1, 0.15) is 17.0 Å². The quantitative estimate of drug-likeness (QED) is 0.701. The standard InChI is InChI=1S/C24H32N4O5S/c1-24(2,3)32-23(29)28-9-7-14(8-10-28)11-18-15-5-6-17-16(12-15)13-19(34(4,30)31)25-20(17)22-26-21(18)27-33-22/h5-6,12,14,18-20,25H,7-11,13H2,1-4H3. The lowest BCUT2D eigenvalue weighted by molar-refractivity contribution is 0.0179. The molecule has 1 aromatic carbocycles. The highest BCUT2D eigenvalue weighted by atomic mass is 32.2. The molecule has 0 radical (unpaired) electrons. The van der Waals surface area contributed by atoms with Crippen LogP contribution in [0.25, 0.3) is 0 Å². The number of nitrogens with zero attached hydrogens (tertiary/aromatic N) is 3. The van der Waals surface area contributed by atoms with E-state index < -0.39 is 26.9 Å². The minimum Gasteiger partial charge on any atom is -0.444 e. The molecule has 1 fully saturated rings. The number of nitrogens with one attached hydrogen (secondary N) is 1. The third kappa shape index (κ3) is 4.57. The maximum atomic E-state index is 12.4. The average Bonchev–Trinajstić information content (AvgIpc) is 3.26. The molecule has 0 saturated carbocycles. The Bertz CT molecular complexity index is 1190. The van der Waals surface area contributed by atoms with Gasteiger partial charge in [0, 0.05) is 31.7 Å². The molecular formula is C24H32N4O5S. The second-order valence-electron chi connectivity index (χ2n) is 10.8. The summed E-state index contributed by atoms with van der Waals surface area (Å²) in [7, 11) is -3.29. The summed E-state index contributed by atoms with van der Waals surface area (Å²) in [5.41, 5.74) is 2.58. The Balaban J connectivity index is 1.36. The molecule has 3 atom stereocenters. The Hall–Kier alpha value is -2.46. The van der Waals surface area contributed by atoms with Crippen LogP contribution in [-0.4, -0.2) is 59.9 Å². The number of fused-ring (bicyclic) bond motifs is 1. The highest BCUT2D eigenvalue weighted by Gasteiger charge is 2.39. The zero-order chi connectivity index (χ0) is 24.3. The number of hydrogen-bond donors (Lipinski definition) is 1. The van der Waals surface area contributed by atoms with Gasteiger partial charge < -0.3 is 14.2 Å². The van der Waals surface area contributed by atoms with Crippen molar-refractivity contribution >= 4 is 15.9 Å². The summed E-state index contributed by atoms with van der Waals surface area (Å²) < 4.78 is 35.8. The van der Waals surface area contributed by atoms with Gasteiger partial charge >= 0.3 is 6.09 Å². The molecule has 5 heterocycles. The predicted molar refractivity (Wildman–Crippen MR) is 125 cm³/mol. The Labute approximate surface area is 200 Å². The van der Waals surface area contributed by atoms with E-state index in [0.717, 1.165) is 36.0 Å². The number of aromatic nitrogens is 2. The molecule has 6 bridgehead atoms. The Morgan fingerprint density at radius 3 is 2.68 bits per heavy atom. The first kappa shape index (κ1) is 23.3. The van der Waals surface area contributed by atoms with E-state index in [2.05, 4.69) is 28.7 Å². The zero-order valence-corrected chi connectivity index (χ0v) is 20.9. The first-order valence-electron chi connectivity index (χ1n) is 11.9. The molecule has 3 unspecified atom stereocenters. The van der Waals surface area contributed by atoms with Crippen molar-refractivity contribution in [1.82, 2.24) is 20.4 Å². The summed E-state index contributed by atoms with van der Waals surface area (Å²) in [5.74, 6) is 1.39. The number of hydrogen-bond acceptors (Lipinski definition) is 8. The highest BCUT2D eigenvalue weighted by Crippen LogP contribution is 2.40. The van der Waals surface area contributed by atoms with Crippen molar-refractivity contribution in [2.75, 3.05) is 19.3 Å². The minimum atomic E-state index is -3.29. The number of benzene rings is 1. The van der Waals surface area contributed by atoms with Crippen LogP contribution in [0.2, 0.25) is 0 Å². The van der Waals surface area contributed by atoms with Crippen LogP contribution in [0.3, 0.4) is 0 Å². The summed E-state index contributed by atoms with van der Waals surface area (Å²) >= 11 is 0. The summed E-state index contributed by atoms with van der Waals surface area (Å²) in [6.45, 7) is 6.96. The zero-order valence-electron chi connectivity index (χ0n) is 20.1. The van der Waals surface area contributed by atoms with Gasteiger partial charge in [-0.3, -0.25) is 5.32 Å². The molecule has 34 heavy (non-hydrogen) atoms. The fourth-order valence-corrected chi connectivity index (χ4v) is 6.09. The number of likely N-dealkylation sites (tertiary alicyclic amines) is 1. The van der Waals surface area contributed by atoms with Crippen molar-refractivity contribution < 1.29 is 22.5 Å². The van der Waals surface area contributed by atoms with Gasteiger partial charge in [-0.25, -0.2) is 13.2 Å². The first-order chi connectivity index (χ1) is 16.0. The molecule has 6 rings (SSSR count). The minimum absolute atomic E-state index is 0.0445. The molecule has 0 spiro atoms. The van der Waals surface area contributed by atoms with E-state index in [-0.39, 0.29) is 12.0 Å². The third-order valence-electron chi connectivity index (χ3n) is 7.01. The predicted octanol–water partition coefficient (Wildman–Crippen LogP) is 3.16. The van der Waals surface area contributed by atoms with Crippen LogP contribution in [0.15, 0.2) is 22.7 Å². The molecule has 1 saturated heterocycles. The highest BCUT2D eigenvalue weighted by molar-refractivity contribution is 7.91. The van der Waals surface area contributed by atoms with Crippen LogP contribution in [0.4, 0.5) is 4.79 Å². The average molecular weight is 489 g/mol. The lowest BCUT2D eigenvalue weighted by Gasteiger charge is -2.34. The lowest BCUT2D eigenvalue weighted by Crippen LogP contribution is -2.44. The van der Waals surface area contributed by atoms with E-state index in [4.69, 9.17) is 14.2 Å². The molecule has 1 amide bonds. The number of carbonyl (C=O) groups is 1. The van der Waals surface area contributed by atoms with E-state index in [0.29, 0.717) is 37.1 Å². The molecule has 4 aliphatic heterocycles. The van der Waals surface area contributed by atoms with Gasteiger partial charge in [0.2, 0.25) is 5.89 Å². The Morgan fingerprint density at radius 2 is 2.00 bits per heavy atom. The lowest BCUT2D eigenvalue weighted by atomic mass is 9.82. The number of ether oxygens (including phenoxy) is 1. The fraction of sp³-hybridized carbons (Fsp3) is 0.625. The molecular weight excluding hydrogens is 456 g/mol. The van der Waals surface area contributed by atoms with Crippen LogP contribution < -0.4 is 5.32 Å². The number of rotatable bonds is 3. The molecule has 1 N–H and O–H groups in total. The third-order valence-corrected chi connectivity index (χ3v) is 8.34. The van der Waals surface area contributed by atoms with Crippen molar-refractivity contribution in [3.05, 3.63) is 46.6 Å². The SMILES string of the molecule is CC(C)(C)OC(=O)N1CCC(CC2c3ccc4c(c3)CC(S(C)(=O)=O)NC4c3nc2no3)CC1. The fourth-order valence-electron chi connectivity index (χ4n) is 5.22. The van der Waals surface area contributed by atoms with Crippen LogP contribution >= 0.6 is 0 Å². The van der Waals surface area contributed by atoms with E-state index in [9.17, 15) is 13.2 Å². The van der Waals surface area contributed by atoms with Gasteiger partial charge in [0.05, 0.1) is 0 Å². The van der Waals surface area contributed by atoms with Crippen molar-refractivity contribution in [3.63, 3.8) is 0 Å². The van der Waals surface area contributed by atoms with Crippen LogP contribution in [0.1, 0.15) is 80.4 Å². The van der Waals surface area contributed by atoms with Crippen LogP contribution in [-0.2, 0) is 21.0 Å². The van der Waals surface area contributed by atoms with Crippen molar-refractivity contribution in [2.45, 2.75) is 69.4 Å². The first-order valence-corrected chi connectivity index (χ1v) is 13.8. The largest absolute Gasteiger partial charge is 0.444 e. The molecule has 10 heteroatoms. The smallest absolute Gasteiger partial charge is 0.410 e. The van der Waals surface area contributed by atoms with Crippen LogP contribution in [0.5, 0.6) is 0 Å². The van der Waals surface area contributed by atoms with Gasteiger partial charge in [0.25, 0.3) is 0 Å². The van der Waals surface area contributed by atoms with Crippen LogP contribution in [0, 0.1) is 5.92 Å². The van der Waals surface area contributed by atoms with E-state index in [1.807, 2.05) is 20.8 Å². The van der Waals surface area contributed by atoms with E-state index in [1.165, 1.54) is 6.26 Å². The molecule has 184 valence electrons. The molecule has 0 aliphatic carbocycles. The van der Waals surface area contributed by atoms with Crippen molar-refractivity contribution in [1.29, 1.82) is 0 Å². The Morgan fingerprint density at radius 1 is 1.26 bits per heavy atom. The topological polar surface area (TPSA) is 115 Å². The number of sulfone groups is 1. The maximum absolute atomic E-state index is 12.4. The van der Waals surface area contributed by atoms with Crippen molar-refractivity contribution in [2.24, 2.45) is 5.92 Å². The summed E-state index contributed by atoms with van der Waals surface area (Å²) in [5, 5.41) is 6.79. The van der Waals surface area contributed by atoms with Gasteiger partial charge in [-0.2, -0.15) is 4.98 Å². The molecule has 1 aromatic heterocycles. The summed E-state index contributed by atoms with van der Waals surface area (Å²) in [6.07, 6.45) is 4.01. The number of carbonyl (C=O) groups excluding carboxylic acids is 1. The second-order valence-corrected chi connectivity index (χ2v) is 13.0. The van der Waals surface area contributed by atoms with E-state index in [1.54, 1.807) is 4.90 Å². The number of piperidine rings is 1. The molecule has 4 aliphatic rings. The van der Waals surface area contributed by atoms with Gasteiger partial charge in [-0.1, -0.05) is 23.4 Å². The normalized spacial score (nSPS) is 24.9. The second kappa shape index (κ2) is 8.34. The number of amides is 1. The van der Waals surface area contributed by atoms with E-state index >= 15 is 0 Å². The van der Waals surface area contributed by atoms with Gasteiger partial charge in [-0.15, -0.1) is 0 Å². The molecule has 9 nitrogen and oxygen atoms in total. The summed E-state index contributed by atoms with van der Waals surface area (Å²) in [4.78, 5) is 18.9. The molecule has 2 aromatic rings. The van der Waals surface area contributed by atoms with Gasteiger partial charge in [-0.05, 0) is 62.6 Å².